The van der Waals surface area contributed by atoms with Gasteiger partial charge in [-0.15, -0.1) is 0 Å². The van der Waals surface area contributed by atoms with Gasteiger partial charge in [0.2, 0.25) is 17.8 Å². The van der Waals surface area contributed by atoms with Gasteiger partial charge in [0.05, 0.1) is 13.2 Å². The molecule has 0 spiro atoms. The van der Waals surface area contributed by atoms with Crippen LogP contribution in [0.25, 0.3) is 0 Å². The molecule has 2 rings (SSSR count). The lowest BCUT2D eigenvalue weighted by Gasteiger charge is -2.07. The zero-order valence-electron chi connectivity index (χ0n) is 10.5. The fourth-order valence-corrected chi connectivity index (χ4v) is 1.26. The molecule has 0 aromatic carbocycles. The van der Waals surface area contributed by atoms with Crippen molar-refractivity contribution >= 4 is 11.9 Å². The van der Waals surface area contributed by atoms with E-state index in [1.54, 1.807) is 6.92 Å². The SMILES string of the molecule is CCOc1nc(NN)nc(NCc2noc(C)n2)n1. The maximum Gasteiger partial charge on any atom is 0.323 e. The molecule has 4 N–H and O–H groups in total. The highest BCUT2D eigenvalue weighted by molar-refractivity contribution is 5.34. The number of nitrogen functional groups attached to an aromatic ring is 1. The Kier molecular flexibility index (Phi) is 4.03. The minimum atomic E-state index is 0.178. The van der Waals surface area contributed by atoms with Crippen LogP contribution < -0.4 is 21.3 Å². The molecule has 102 valence electrons. The van der Waals surface area contributed by atoms with Crippen LogP contribution in [-0.2, 0) is 6.54 Å². The molecule has 0 atom stereocenters. The van der Waals surface area contributed by atoms with Crippen molar-refractivity contribution in [1.29, 1.82) is 0 Å². The summed E-state index contributed by atoms with van der Waals surface area (Å²) >= 11 is 0. The fourth-order valence-electron chi connectivity index (χ4n) is 1.26. The van der Waals surface area contributed by atoms with Gasteiger partial charge in [-0.3, -0.25) is 5.43 Å². The van der Waals surface area contributed by atoms with Crippen LogP contribution in [0.1, 0.15) is 18.6 Å². The predicted octanol–water partition coefficient (Wildman–Crippen LogP) is -0.141. The lowest BCUT2D eigenvalue weighted by Crippen LogP contribution is -2.14. The Balaban J connectivity index is 2.08. The summed E-state index contributed by atoms with van der Waals surface area (Å²) in [4.78, 5) is 16.1. The minimum Gasteiger partial charge on any atom is -0.464 e. The summed E-state index contributed by atoms with van der Waals surface area (Å²) in [5.74, 6) is 6.76. The topological polar surface area (TPSA) is 137 Å². The molecular formula is C9H14N8O2. The first kappa shape index (κ1) is 13.0. The smallest absolute Gasteiger partial charge is 0.323 e. The van der Waals surface area contributed by atoms with Crippen molar-refractivity contribution in [2.45, 2.75) is 20.4 Å². The number of hydrogen-bond donors (Lipinski definition) is 3. The summed E-state index contributed by atoms with van der Waals surface area (Å²) in [5, 5.41) is 6.67. The van der Waals surface area contributed by atoms with E-state index in [1.165, 1.54) is 0 Å². The first-order valence-electron chi connectivity index (χ1n) is 5.59. The highest BCUT2D eigenvalue weighted by Crippen LogP contribution is 2.11. The fraction of sp³-hybridized carbons (Fsp3) is 0.444. The van der Waals surface area contributed by atoms with Gasteiger partial charge >= 0.3 is 6.01 Å². The number of hydrazine groups is 1. The Morgan fingerprint density at radius 3 is 2.63 bits per heavy atom. The van der Waals surface area contributed by atoms with Gasteiger partial charge in [0.25, 0.3) is 0 Å². The summed E-state index contributed by atoms with van der Waals surface area (Å²) < 4.78 is 10.0. The zero-order valence-corrected chi connectivity index (χ0v) is 10.5. The van der Waals surface area contributed by atoms with Crippen LogP contribution in [0.5, 0.6) is 6.01 Å². The third-order valence-corrected chi connectivity index (χ3v) is 1.99. The third-order valence-electron chi connectivity index (χ3n) is 1.99. The van der Waals surface area contributed by atoms with E-state index >= 15 is 0 Å². The number of aromatic nitrogens is 5. The second-order valence-electron chi connectivity index (χ2n) is 3.43. The van der Waals surface area contributed by atoms with Crippen molar-refractivity contribution in [1.82, 2.24) is 25.1 Å². The Morgan fingerprint density at radius 1 is 1.21 bits per heavy atom. The van der Waals surface area contributed by atoms with Gasteiger partial charge in [0, 0.05) is 6.92 Å². The molecule has 0 aliphatic carbocycles. The van der Waals surface area contributed by atoms with Gasteiger partial charge in [-0.1, -0.05) is 5.16 Å². The Morgan fingerprint density at radius 2 is 2.00 bits per heavy atom. The zero-order chi connectivity index (χ0) is 13.7. The highest BCUT2D eigenvalue weighted by Gasteiger charge is 2.08. The molecule has 0 aliphatic rings. The highest BCUT2D eigenvalue weighted by atomic mass is 16.5. The van der Waals surface area contributed by atoms with Gasteiger partial charge in [0.15, 0.2) is 5.82 Å². The van der Waals surface area contributed by atoms with Crippen molar-refractivity contribution in [3.63, 3.8) is 0 Å². The molecule has 2 aromatic rings. The van der Waals surface area contributed by atoms with Gasteiger partial charge in [-0.05, 0) is 6.92 Å². The molecule has 0 bridgehead atoms. The summed E-state index contributed by atoms with van der Waals surface area (Å²) in [5.41, 5.74) is 2.34. The van der Waals surface area contributed by atoms with Crippen molar-refractivity contribution in [3.05, 3.63) is 11.7 Å². The average molecular weight is 266 g/mol. The lowest BCUT2D eigenvalue weighted by molar-refractivity contribution is 0.312. The van der Waals surface area contributed by atoms with Crippen molar-refractivity contribution < 1.29 is 9.26 Å². The van der Waals surface area contributed by atoms with Crippen molar-refractivity contribution in [2.75, 3.05) is 17.3 Å². The van der Waals surface area contributed by atoms with Crippen LogP contribution in [0.2, 0.25) is 0 Å². The maximum absolute atomic E-state index is 5.27. The molecule has 0 unspecified atom stereocenters. The van der Waals surface area contributed by atoms with E-state index in [0.29, 0.717) is 30.8 Å². The van der Waals surface area contributed by atoms with E-state index in [-0.39, 0.29) is 12.0 Å². The molecule has 0 saturated carbocycles. The van der Waals surface area contributed by atoms with E-state index in [1.807, 2.05) is 6.92 Å². The first-order valence-corrected chi connectivity index (χ1v) is 5.59. The van der Waals surface area contributed by atoms with Crippen LogP contribution in [0.3, 0.4) is 0 Å². The van der Waals surface area contributed by atoms with Gasteiger partial charge in [0.1, 0.15) is 0 Å². The number of nitrogens with two attached hydrogens (primary N) is 1. The van der Waals surface area contributed by atoms with E-state index in [0.717, 1.165) is 0 Å². The molecule has 2 heterocycles. The second-order valence-corrected chi connectivity index (χ2v) is 3.43. The van der Waals surface area contributed by atoms with Gasteiger partial charge < -0.3 is 14.6 Å². The summed E-state index contributed by atoms with van der Waals surface area (Å²) in [7, 11) is 0. The molecule has 2 aromatic heterocycles. The standard InChI is InChI=1S/C9H14N8O2/c1-3-18-9-14-7(13-8(15-9)16-10)11-4-6-12-5(2)19-17-6/h3-4,10H2,1-2H3,(H2,11,13,14,15,16). The number of anilines is 2. The van der Waals surface area contributed by atoms with Crippen LogP contribution in [0, 0.1) is 6.92 Å². The van der Waals surface area contributed by atoms with E-state index in [9.17, 15) is 0 Å². The first-order chi connectivity index (χ1) is 9.21. The van der Waals surface area contributed by atoms with Crippen LogP contribution in [-0.4, -0.2) is 31.7 Å². The monoisotopic (exact) mass is 266 g/mol. The number of ether oxygens (including phenoxy) is 1. The molecule has 0 saturated heterocycles. The predicted molar refractivity (Wildman–Crippen MR) is 65.2 cm³/mol. The molecular weight excluding hydrogens is 252 g/mol. The maximum atomic E-state index is 5.27. The molecule has 0 fully saturated rings. The van der Waals surface area contributed by atoms with E-state index in [4.69, 9.17) is 15.1 Å². The summed E-state index contributed by atoms with van der Waals surface area (Å²) in [6, 6.07) is 0.178. The number of nitrogens with one attached hydrogen (secondary N) is 2. The minimum absolute atomic E-state index is 0.178. The normalized spacial score (nSPS) is 10.3. The molecule has 10 nitrogen and oxygen atoms in total. The number of aryl methyl sites for hydroxylation is 1. The average Bonchev–Trinajstić information content (AvgIpc) is 2.82. The van der Waals surface area contributed by atoms with E-state index < -0.39 is 0 Å². The molecule has 0 radical (unpaired) electrons. The third kappa shape index (κ3) is 3.48. The van der Waals surface area contributed by atoms with E-state index in [2.05, 4.69) is 35.8 Å². The number of rotatable bonds is 6. The second kappa shape index (κ2) is 5.91. The van der Waals surface area contributed by atoms with Crippen LogP contribution >= 0.6 is 0 Å². The lowest BCUT2D eigenvalue weighted by atomic mass is 10.6. The summed E-state index contributed by atoms with van der Waals surface area (Å²) in [6.45, 7) is 4.30. The Hall–Kier alpha value is -2.49. The van der Waals surface area contributed by atoms with Crippen molar-refractivity contribution in [2.24, 2.45) is 5.84 Å². The molecule has 19 heavy (non-hydrogen) atoms. The van der Waals surface area contributed by atoms with Crippen LogP contribution in [0.15, 0.2) is 4.52 Å². The molecule has 0 amide bonds. The quantitative estimate of drug-likeness (QED) is 0.478. The molecule has 10 heteroatoms. The van der Waals surface area contributed by atoms with Crippen molar-refractivity contribution in [3.8, 4) is 6.01 Å². The molecule has 0 aliphatic heterocycles. The number of hydrogen-bond acceptors (Lipinski definition) is 10. The van der Waals surface area contributed by atoms with Crippen LogP contribution in [0.4, 0.5) is 11.9 Å². The van der Waals surface area contributed by atoms with Gasteiger partial charge in [-0.25, -0.2) is 5.84 Å². The Labute approximate surface area is 108 Å². The number of nitrogens with zero attached hydrogens (tertiary/aromatic N) is 5. The Bertz CT molecular complexity index is 543. The van der Waals surface area contributed by atoms with Gasteiger partial charge in [-0.2, -0.15) is 19.9 Å². The summed E-state index contributed by atoms with van der Waals surface area (Å²) in [6.07, 6.45) is 0. The largest absolute Gasteiger partial charge is 0.464 e.